The summed E-state index contributed by atoms with van der Waals surface area (Å²) in [6, 6.07) is 0. The van der Waals surface area contributed by atoms with Gasteiger partial charge in [0, 0.05) is 25.2 Å². The van der Waals surface area contributed by atoms with E-state index in [2.05, 4.69) is 25.7 Å². The number of hydrogen-bond donors (Lipinski definition) is 1. The Morgan fingerprint density at radius 1 is 1.21 bits per heavy atom. The van der Waals surface area contributed by atoms with Crippen LogP contribution in [0.5, 0.6) is 0 Å². The summed E-state index contributed by atoms with van der Waals surface area (Å²) in [6.07, 6.45) is 7.53. The van der Waals surface area contributed by atoms with E-state index in [4.69, 9.17) is 10.5 Å². The van der Waals surface area contributed by atoms with Crippen LogP contribution in [0.1, 0.15) is 59.3 Å². The minimum absolute atomic E-state index is 0.239. The molecular formula is C16H34N2O. The van der Waals surface area contributed by atoms with Gasteiger partial charge in [0.1, 0.15) is 0 Å². The fourth-order valence-corrected chi connectivity index (χ4v) is 3.51. The molecule has 3 nitrogen and oxygen atoms in total. The highest BCUT2D eigenvalue weighted by atomic mass is 16.5. The van der Waals surface area contributed by atoms with Crippen LogP contribution in [-0.4, -0.2) is 43.3 Å². The van der Waals surface area contributed by atoms with Crippen LogP contribution in [0.3, 0.4) is 0 Å². The van der Waals surface area contributed by atoms with E-state index >= 15 is 0 Å². The van der Waals surface area contributed by atoms with E-state index < -0.39 is 0 Å². The first-order chi connectivity index (χ1) is 9.18. The summed E-state index contributed by atoms with van der Waals surface area (Å²) >= 11 is 0. The van der Waals surface area contributed by atoms with Crippen molar-refractivity contribution in [2.75, 3.05) is 32.8 Å². The van der Waals surface area contributed by atoms with E-state index in [0.29, 0.717) is 0 Å². The van der Waals surface area contributed by atoms with E-state index in [0.717, 1.165) is 45.2 Å². The van der Waals surface area contributed by atoms with Gasteiger partial charge in [-0.3, -0.25) is 4.90 Å². The summed E-state index contributed by atoms with van der Waals surface area (Å²) in [6.45, 7) is 11.5. The van der Waals surface area contributed by atoms with E-state index in [1.165, 1.54) is 32.1 Å². The molecule has 2 atom stereocenters. The van der Waals surface area contributed by atoms with Gasteiger partial charge in [-0.1, -0.05) is 33.6 Å². The minimum Gasteiger partial charge on any atom is -0.380 e. The molecule has 3 heteroatoms. The fraction of sp³-hybridized carbons (Fsp3) is 1.00. The predicted molar refractivity (Wildman–Crippen MR) is 82.4 cm³/mol. The molecule has 0 aromatic heterocycles. The topological polar surface area (TPSA) is 38.5 Å². The van der Waals surface area contributed by atoms with Crippen LogP contribution in [0, 0.1) is 5.92 Å². The lowest BCUT2D eigenvalue weighted by Gasteiger charge is -2.48. The molecule has 0 heterocycles. The average Bonchev–Trinajstić information content (AvgIpc) is 2.42. The molecule has 0 aromatic rings. The Morgan fingerprint density at radius 3 is 2.58 bits per heavy atom. The van der Waals surface area contributed by atoms with E-state index in [1.807, 2.05) is 0 Å². The van der Waals surface area contributed by atoms with Gasteiger partial charge < -0.3 is 10.5 Å². The molecule has 1 aliphatic carbocycles. The molecule has 1 rings (SSSR count). The van der Waals surface area contributed by atoms with Crippen molar-refractivity contribution < 1.29 is 4.74 Å². The Kier molecular flexibility index (Phi) is 7.96. The van der Waals surface area contributed by atoms with Crippen LogP contribution >= 0.6 is 0 Å². The third kappa shape index (κ3) is 5.05. The largest absolute Gasteiger partial charge is 0.380 e. The summed E-state index contributed by atoms with van der Waals surface area (Å²) in [4.78, 5) is 2.62. The second kappa shape index (κ2) is 8.93. The zero-order valence-electron chi connectivity index (χ0n) is 13.3. The zero-order valence-corrected chi connectivity index (χ0v) is 13.3. The van der Waals surface area contributed by atoms with Gasteiger partial charge in [0.15, 0.2) is 0 Å². The summed E-state index contributed by atoms with van der Waals surface area (Å²) in [5.74, 6) is 0.813. The zero-order chi connectivity index (χ0) is 14.1. The first-order valence-corrected chi connectivity index (χ1v) is 8.21. The van der Waals surface area contributed by atoms with Crippen LogP contribution in [0.25, 0.3) is 0 Å². The lowest BCUT2D eigenvalue weighted by atomic mass is 9.75. The Morgan fingerprint density at radius 2 is 2.00 bits per heavy atom. The highest BCUT2D eigenvalue weighted by molar-refractivity contribution is 4.95. The highest BCUT2D eigenvalue weighted by Gasteiger charge is 2.38. The van der Waals surface area contributed by atoms with Crippen molar-refractivity contribution in [3.63, 3.8) is 0 Å². The van der Waals surface area contributed by atoms with E-state index in [9.17, 15) is 0 Å². The minimum atomic E-state index is 0.239. The predicted octanol–water partition coefficient (Wildman–Crippen LogP) is 3.03. The molecule has 0 aliphatic heterocycles. The molecule has 0 amide bonds. The van der Waals surface area contributed by atoms with Gasteiger partial charge in [-0.05, 0) is 38.1 Å². The SMILES string of the molecule is CCCOCCN(CCC)C1(CN)CCCC(C)C1. The summed E-state index contributed by atoms with van der Waals surface area (Å²) in [5.41, 5.74) is 6.42. The highest BCUT2D eigenvalue weighted by Crippen LogP contribution is 2.36. The number of ether oxygens (including phenoxy) is 1. The average molecular weight is 270 g/mol. The molecule has 0 spiro atoms. The van der Waals surface area contributed by atoms with Gasteiger partial charge in [0.2, 0.25) is 0 Å². The molecule has 0 saturated heterocycles. The first kappa shape index (κ1) is 16.9. The molecule has 1 saturated carbocycles. The molecule has 0 aromatic carbocycles. The maximum Gasteiger partial charge on any atom is 0.0593 e. The van der Waals surface area contributed by atoms with Gasteiger partial charge in [-0.2, -0.15) is 0 Å². The van der Waals surface area contributed by atoms with Crippen LogP contribution in [0.4, 0.5) is 0 Å². The van der Waals surface area contributed by atoms with Gasteiger partial charge >= 0.3 is 0 Å². The monoisotopic (exact) mass is 270 g/mol. The molecule has 2 N–H and O–H groups in total. The quantitative estimate of drug-likeness (QED) is 0.655. The van der Waals surface area contributed by atoms with E-state index in [-0.39, 0.29) is 5.54 Å². The summed E-state index contributed by atoms with van der Waals surface area (Å²) in [5, 5.41) is 0. The number of nitrogens with zero attached hydrogens (tertiary/aromatic N) is 1. The Bertz CT molecular complexity index is 235. The van der Waals surface area contributed by atoms with Crippen molar-refractivity contribution in [1.82, 2.24) is 4.90 Å². The summed E-state index contributed by atoms with van der Waals surface area (Å²) < 4.78 is 5.68. The van der Waals surface area contributed by atoms with Gasteiger partial charge in [0.25, 0.3) is 0 Å². The van der Waals surface area contributed by atoms with Crippen molar-refractivity contribution in [3.8, 4) is 0 Å². The number of nitrogens with two attached hydrogens (primary N) is 1. The Hall–Kier alpha value is -0.120. The first-order valence-electron chi connectivity index (χ1n) is 8.21. The van der Waals surface area contributed by atoms with Crippen molar-refractivity contribution in [3.05, 3.63) is 0 Å². The summed E-state index contributed by atoms with van der Waals surface area (Å²) in [7, 11) is 0. The molecule has 114 valence electrons. The number of hydrogen-bond acceptors (Lipinski definition) is 3. The Labute approximate surface area is 119 Å². The fourth-order valence-electron chi connectivity index (χ4n) is 3.51. The van der Waals surface area contributed by atoms with Crippen LogP contribution < -0.4 is 5.73 Å². The standard InChI is InChI=1S/C16H34N2O/c1-4-9-18(10-12-19-11-5-2)16(14-17)8-6-7-15(3)13-16/h15H,4-14,17H2,1-3H3. The van der Waals surface area contributed by atoms with Crippen molar-refractivity contribution in [1.29, 1.82) is 0 Å². The maximum atomic E-state index is 6.18. The smallest absolute Gasteiger partial charge is 0.0593 e. The normalized spacial score (nSPS) is 27.9. The molecular weight excluding hydrogens is 236 g/mol. The number of rotatable bonds is 9. The molecule has 0 radical (unpaired) electrons. The van der Waals surface area contributed by atoms with Gasteiger partial charge in [-0.25, -0.2) is 0 Å². The van der Waals surface area contributed by atoms with E-state index in [1.54, 1.807) is 0 Å². The molecule has 1 fully saturated rings. The lowest BCUT2D eigenvalue weighted by Crippen LogP contribution is -2.57. The third-order valence-electron chi connectivity index (χ3n) is 4.47. The molecule has 0 bridgehead atoms. The molecule has 1 aliphatic rings. The van der Waals surface area contributed by atoms with Crippen molar-refractivity contribution in [2.24, 2.45) is 11.7 Å². The maximum absolute atomic E-state index is 6.18. The van der Waals surface area contributed by atoms with Crippen molar-refractivity contribution >= 4 is 0 Å². The second-order valence-electron chi connectivity index (χ2n) is 6.23. The molecule has 19 heavy (non-hydrogen) atoms. The van der Waals surface area contributed by atoms with Crippen molar-refractivity contribution in [2.45, 2.75) is 64.8 Å². The van der Waals surface area contributed by atoms with Gasteiger partial charge in [-0.15, -0.1) is 0 Å². The molecule has 2 unspecified atom stereocenters. The third-order valence-corrected chi connectivity index (χ3v) is 4.47. The Balaban J connectivity index is 2.59. The van der Waals surface area contributed by atoms with Crippen LogP contribution in [0.2, 0.25) is 0 Å². The van der Waals surface area contributed by atoms with Crippen LogP contribution in [-0.2, 0) is 4.74 Å². The second-order valence-corrected chi connectivity index (χ2v) is 6.23. The van der Waals surface area contributed by atoms with Crippen LogP contribution in [0.15, 0.2) is 0 Å². The van der Waals surface area contributed by atoms with Gasteiger partial charge in [0.05, 0.1) is 6.61 Å². The lowest BCUT2D eigenvalue weighted by molar-refractivity contribution is 0.0117.